The molecule has 8 nitrogen and oxygen atoms in total. The Hall–Kier alpha value is -2.69. The van der Waals surface area contributed by atoms with Crippen molar-refractivity contribution in [2.75, 3.05) is 13.2 Å². The molecule has 1 saturated heterocycles. The molecule has 32 heavy (non-hydrogen) atoms. The van der Waals surface area contributed by atoms with Crippen molar-refractivity contribution >= 4 is 35.0 Å². The fourth-order valence-corrected chi connectivity index (χ4v) is 5.27. The van der Waals surface area contributed by atoms with Gasteiger partial charge in [0.25, 0.3) is 0 Å². The minimum absolute atomic E-state index is 0.0865. The molecule has 1 aliphatic rings. The van der Waals surface area contributed by atoms with Crippen molar-refractivity contribution in [1.29, 1.82) is 0 Å². The topological polar surface area (TPSA) is 98.1 Å². The number of ether oxygens (including phenoxy) is 1. The van der Waals surface area contributed by atoms with Crippen LogP contribution in [0.15, 0.2) is 53.0 Å². The van der Waals surface area contributed by atoms with Gasteiger partial charge in [-0.15, -0.1) is 21.5 Å². The van der Waals surface area contributed by atoms with E-state index in [0.29, 0.717) is 18.2 Å². The summed E-state index contributed by atoms with van der Waals surface area (Å²) in [6.45, 7) is 3.60. The summed E-state index contributed by atoms with van der Waals surface area (Å²) in [5.74, 6) is 0.352. The molecule has 0 spiro atoms. The van der Waals surface area contributed by atoms with E-state index in [1.807, 2.05) is 52.4 Å². The maximum atomic E-state index is 13.1. The minimum Gasteiger partial charge on any atom is -0.376 e. The fourth-order valence-electron chi connectivity index (χ4n) is 3.51. The van der Waals surface area contributed by atoms with E-state index in [1.165, 1.54) is 11.8 Å². The predicted molar refractivity (Wildman–Crippen MR) is 125 cm³/mol. The summed E-state index contributed by atoms with van der Waals surface area (Å²) in [4.78, 5) is 26.1. The largest absolute Gasteiger partial charge is 0.376 e. The Labute approximate surface area is 194 Å². The highest BCUT2D eigenvalue weighted by Crippen LogP contribution is 2.37. The molecule has 168 valence electrons. The highest BCUT2D eigenvalue weighted by atomic mass is 32.2. The second-order valence-electron chi connectivity index (χ2n) is 7.29. The van der Waals surface area contributed by atoms with Gasteiger partial charge in [-0.2, -0.15) is 0 Å². The first-order valence-corrected chi connectivity index (χ1v) is 12.3. The second kappa shape index (κ2) is 10.8. The summed E-state index contributed by atoms with van der Waals surface area (Å²) in [6, 6.07) is 12.8. The van der Waals surface area contributed by atoms with E-state index in [-0.39, 0.29) is 6.10 Å². The molecule has 3 amide bonds. The summed E-state index contributed by atoms with van der Waals surface area (Å²) >= 11 is 2.88. The number of imide groups is 1. The number of thioether (sulfide) groups is 1. The van der Waals surface area contributed by atoms with E-state index in [9.17, 15) is 9.59 Å². The molecule has 1 aliphatic heterocycles. The maximum Gasteiger partial charge on any atom is 0.321 e. The van der Waals surface area contributed by atoms with Crippen molar-refractivity contribution in [3.05, 3.63) is 53.4 Å². The zero-order chi connectivity index (χ0) is 22.3. The molecule has 0 unspecified atom stereocenters. The summed E-state index contributed by atoms with van der Waals surface area (Å²) in [7, 11) is 0. The number of benzene rings is 1. The van der Waals surface area contributed by atoms with E-state index in [1.54, 1.807) is 18.3 Å². The van der Waals surface area contributed by atoms with Gasteiger partial charge >= 0.3 is 6.03 Å². The van der Waals surface area contributed by atoms with Crippen LogP contribution >= 0.6 is 23.1 Å². The lowest BCUT2D eigenvalue weighted by Gasteiger charge is -2.18. The quantitative estimate of drug-likeness (QED) is 0.484. The number of aromatic nitrogens is 3. The third-order valence-corrected chi connectivity index (χ3v) is 7.11. The molecular weight excluding hydrogens is 446 g/mol. The minimum atomic E-state index is -0.664. The van der Waals surface area contributed by atoms with Crippen LogP contribution in [-0.2, 0) is 16.1 Å². The second-order valence-corrected chi connectivity index (χ2v) is 9.31. The summed E-state index contributed by atoms with van der Waals surface area (Å²) < 4.78 is 7.89. The fraction of sp³-hybridized carbons (Fsp3) is 0.364. The third kappa shape index (κ3) is 5.37. The molecule has 2 N–H and O–H groups in total. The summed E-state index contributed by atoms with van der Waals surface area (Å²) in [5.41, 5.74) is 0.781. The normalized spacial score (nSPS) is 16.6. The van der Waals surface area contributed by atoms with E-state index in [2.05, 4.69) is 20.8 Å². The zero-order valence-electron chi connectivity index (χ0n) is 17.7. The Bertz CT molecular complexity index is 1030. The number of nitrogens with one attached hydrogen (secondary N) is 2. The Balaban J connectivity index is 1.65. The maximum absolute atomic E-state index is 13.1. The standard InChI is InChI=1S/C22H25N5O3S2/c1-2-23-21(29)24-20(28)18(15-8-4-3-5-9-15)32-22-26-25-19(17-11-7-13-31-17)27(22)14-16-10-6-12-30-16/h3-5,7-9,11,13,16,18H,2,6,10,12,14H2,1H3,(H2,23,24,28,29)/t16-,18-/m1/s1. The molecule has 3 heterocycles. The van der Waals surface area contributed by atoms with Gasteiger partial charge in [-0.25, -0.2) is 4.79 Å². The van der Waals surface area contributed by atoms with Crippen LogP contribution in [0, 0.1) is 0 Å². The van der Waals surface area contributed by atoms with Crippen molar-refractivity contribution in [3.63, 3.8) is 0 Å². The molecule has 1 fully saturated rings. The molecule has 0 bridgehead atoms. The molecule has 3 aromatic rings. The smallest absolute Gasteiger partial charge is 0.321 e. The van der Waals surface area contributed by atoms with E-state index >= 15 is 0 Å². The summed E-state index contributed by atoms with van der Waals surface area (Å²) in [6.07, 6.45) is 2.10. The number of hydrogen-bond donors (Lipinski definition) is 2. The number of thiophene rings is 1. The molecule has 2 atom stereocenters. The van der Waals surface area contributed by atoms with Crippen LogP contribution in [-0.4, -0.2) is 46.0 Å². The molecule has 0 radical (unpaired) electrons. The number of urea groups is 1. The van der Waals surface area contributed by atoms with E-state index in [0.717, 1.165) is 35.7 Å². The van der Waals surface area contributed by atoms with Gasteiger partial charge in [0, 0.05) is 13.2 Å². The lowest BCUT2D eigenvalue weighted by Crippen LogP contribution is -2.41. The summed E-state index contributed by atoms with van der Waals surface area (Å²) in [5, 5.41) is 15.8. The van der Waals surface area contributed by atoms with Gasteiger partial charge in [0.05, 0.1) is 17.5 Å². The van der Waals surface area contributed by atoms with Gasteiger partial charge in [-0.3, -0.25) is 14.7 Å². The van der Waals surface area contributed by atoms with Gasteiger partial charge in [-0.1, -0.05) is 48.2 Å². The van der Waals surface area contributed by atoms with Crippen molar-refractivity contribution in [1.82, 2.24) is 25.4 Å². The average Bonchev–Trinajstić information content (AvgIpc) is 3.56. The molecule has 10 heteroatoms. The van der Waals surface area contributed by atoms with Crippen LogP contribution in [0.3, 0.4) is 0 Å². The first-order chi connectivity index (χ1) is 15.7. The van der Waals surface area contributed by atoms with Crippen LogP contribution in [0.4, 0.5) is 4.79 Å². The molecular formula is C22H25N5O3S2. The van der Waals surface area contributed by atoms with Crippen molar-refractivity contribution in [2.45, 2.75) is 42.8 Å². The Morgan fingerprint density at radius 2 is 2.09 bits per heavy atom. The van der Waals surface area contributed by atoms with E-state index in [4.69, 9.17) is 4.74 Å². The first kappa shape index (κ1) is 22.5. The predicted octanol–water partition coefficient (Wildman–Crippen LogP) is 3.86. The number of nitrogens with zero attached hydrogens (tertiary/aromatic N) is 3. The van der Waals surface area contributed by atoms with Gasteiger partial charge < -0.3 is 10.1 Å². The van der Waals surface area contributed by atoms with Crippen LogP contribution < -0.4 is 10.6 Å². The van der Waals surface area contributed by atoms with Gasteiger partial charge in [0.15, 0.2) is 11.0 Å². The highest BCUT2D eigenvalue weighted by Gasteiger charge is 2.28. The lowest BCUT2D eigenvalue weighted by molar-refractivity contribution is -0.119. The monoisotopic (exact) mass is 471 g/mol. The highest BCUT2D eigenvalue weighted by molar-refractivity contribution is 8.00. The van der Waals surface area contributed by atoms with Crippen molar-refractivity contribution in [2.24, 2.45) is 0 Å². The Morgan fingerprint density at radius 3 is 2.78 bits per heavy atom. The van der Waals surface area contributed by atoms with Crippen LogP contribution in [0.1, 0.15) is 30.6 Å². The number of carbonyl (C=O) groups excluding carboxylic acids is 2. The molecule has 0 saturated carbocycles. The molecule has 1 aromatic carbocycles. The molecule has 4 rings (SSSR count). The Morgan fingerprint density at radius 1 is 1.25 bits per heavy atom. The van der Waals surface area contributed by atoms with Crippen molar-refractivity contribution < 1.29 is 14.3 Å². The molecule has 2 aromatic heterocycles. The molecule has 0 aliphatic carbocycles. The van der Waals surface area contributed by atoms with Gasteiger partial charge in [0.2, 0.25) is 5.91 Å². The first-order valence-electron chi connectivity index (χ1n) is 10.5. The number of carbonyl (C=O) groups is 2. The third-order valence-electron chi connectivity index (χ3n) is 5.01. The Kier molecular flexibility index (Phi) is 7.56. The zero-order valence-corrected chi connectivity index (χ0v) is 19.3. The van der Waals surface area contributed by atoms with Crippen LogP contribution in [0.25, 0.3) is 10.7 Å². The van der Waals surface area contributed by atoms with E-state index < -0.39 is 17.2 Å². The number of rotatable bonds is 8. The SMILES string of the molecule is CCNC(=O)NC(=O)[C@H](Sc1nnc(-c2cccs2)n1C[C@H]1CCCO1)c1ccccc1. The number of hydrogen-bond acceptors (Lipinski definition) is 7. The van der Waals surface area contributed by atoms with Gasteiger partial charge in [-0.05, 0) is 36.8 Å². The lowest BCUT2D eigenvalue weighted by atomic mass is 10.1. The van der Waals surface area contributed by atoms with Crippen LogP contribution in [0.2, 0.25) is 0 Å². The number of amides is 3. The van der Waals surface area contributed by atoms with Crippen LogP contribution in [0.5, 0.6) is 0 Å². The van der Waals surface area contributed by atoms with Crippen molar-refractivity contribution in [3.8, 4) is 10.7 Å². The average molecular weight is 472 g/mol. The van der Waals surface area contributed by atoms with Gasteiger partial charge in [0.1, 0.15) is 5.25 Å².